The molecule has 0 N–H and O–H groups in total. The summed E-state index contributed by atoms with van der Waals surface area (Å²) in [5.41, 5.74) is 17.6. The minimum atomic E-state index is -2.92. The average molecular weight is 1040 g/mol. The van der Waals surface area contributed by atoms with E-state index in [2.05, 4.69) is 205 Å². The zero-order valence-corrected chi connectivity index (χ0v) is 42.3. The van der Waals surface area contributed by atoms with Crippen LogP contribution in [0.2, 0.25) is 0 Å². The molecular weight excluding hydrogens is 983 g/mol. The van der Waals surface area contributed by atoms with E-state index in [0.717, 1.165) is 34.6 Å². The minimum absolute atomic E-state index is 0. The third-order valence-corrected chi connectivity index (χ3v) is 21.1. The van der Waals surface area contributed by atoms with Crippen LogP contribution in [0, 0.1) is 0 Å². The first-order chi connectivity index (χ1) is 28.3. The topological polar surface area (TPSA) is 0 Å². The normalized spacial score (nSPS) is 13.2. The Labute approximate surface area is 396 Å². The van der Waals surface area contributed by atoms with Crippen molar-refractivity contribution in [3.05, 3.63) is 191 Å². The van der Waals surface area contributed by atoms with E-state index in [1.54, 1.807) is 26.4 Å². The van der Waals surface area contributed by atoms with Gasteiger partial charge in [0.1, 0.15) is 0 Å². The molecule has 0 saturated heterocycles. The van der Waals surface area contributed by atoms with E-state index in [1.165, 1.54) is 75.8 Å². The van der Waals surface area contributed by atoms with Crippen LogP contribution in [-0.2, 0) is 40.5 Å². The van der Waals surface area contributed by atoms with Crippen molar-refractivity contribution in [1.82, 2.24) is 0 Å². The zero-order chi connectivity index (χ0) is 40.2. The smallest absolute Gasteiger partial charge is 1.00 e. The molecule has 2 atom stereocenters. The zero-order valence-electron chi connectivity index (χ0n) is 35.2. The van der Waals surface area contributed by atoms with Crippen molar-refractivity contribution in [2.45, 2.75) is 90.9 Å². The van der Waals surface area contributed by atoms with Gasteiger partial charge in [0.15, 0.2) is 0 Å². The maximum Gasteiger partial charge on any atom is -1.00 e. The average Bonchev–Trinajstić information content (AvgIpc) is 3.91. The number of hydrogen-bond donors (Lipinski definition) is 0. The van der Waals surface area contributed by atoms with Gasteiger partial charge in [0.05, 0.1) is 0 Å². The molecule has 0 fully saturated rings. The summed E-state index contributed by atoms with van der Waals surface area (Å²) in [4.78, 5) is 0. The quantitative estimate of drug-likeness (QED) is 0.102. The van der Waals surface area contributed by atoms with Crippen LogP contribution in [0.25, 0.3) is 33.4 Å². The number of fused-ring (bicyclic) bond motifs is 3. The number of allylic oxidation sites excluding steroid dienone is 4. The van der Waals surface area contributed by atoms with Crippen LogP contribution in [-0.4, -0.2) is 3.21 Å². The molecule has 2 aliphatic carbocycles. The third-order valence-electron chi connectivity index (χ3n) is 12.4. The molecule has 0 heterocycles. The maximum absolute atomic E-state index is 3.74. The molecule has 0 saturated carbocycles. The molecule has 6 aromatic rings. The molecule has 6 aromatic carbocycles. The van der Waals surface area contributed by atoms with E-state index < -0.39 is 21.3 Å². The SMILES string of the molecule is CCCC(C)c1cc2c(cc1-c1ccccc1)Cc1c-2cc(C(C)CCC)c(-c2ccccc2)[c]1[Zr+2]([C]1=CC=CC1)=[C](Cc1ccc(Br)cc1)Cc1ccc(Br)cc1.[Cl-].[Cl-]. The summed E-state index contributed by atoms with van der Waals surface area (Å²) in [6.07, 6.45) is 16.0. The van der Waals surface area contributed by atoms with Crippen LogP contribution in [0.3, 0.4) is 0 Å². The first-order valence-electron chi connectivity index (χ1n) is 21.4. The number of rotatable bonds is 14. The second-order valence-corrected chi connectivity index (χ2v) is 24.8. The van der Waals surface area contributed by atoms with Crippen molar-refractivity contribution < 1.29 is 46.1 Å². The molecule has 306 valence electrons. The summed E-state index contributed by atoms with van der Waals surface area (Å²) in [6.45, 7) is 9.63. The van der Waals surface area contributed by atoms with E-state index in [-0.39, 0.29) is 24.8 Å². The summed E-state index contributed by atoms with van der Waals surface area (Å²) in [5, 5.41) is 0. The van der Waals surface area contributed by atoms with E-state index in [0.29, 0.717) is 11.8 Å². The molecule has 0 bridgehead atoms. The van der Waals surface area contributed by atoms with Gasteiger partial charge >= 0.3 is 375 Å². The third kappa shape index (κ3) is 10.1. The minimum Gasteiger partial charge on any atom is -1.00 e. The van der Waals surface area contributed by atoms with Gasteiger partial charge in [0, 0.05) is 0 Å². The van der Waals surface area contributed by atoms with Crippen molar-refractivity contribution >= 4 is 38.3 Å². The molecular formula is C55H54Br2Cl2Zr. The van der Waals surface area contributed by atoms with Crippen molar-refractivity contribution in [2.24, 2.45) is 0 Å². The van der Waals surface area contributed by atoms with E-state index >= 15 is 0 Å². The molecule has 0 aliphatic heterocycles. The Kier molecular flexibility index (Phi) is 16.7. The van der Waals surface area contributed by atoms with E-state index in [1.807, 2.05) is 0 Å². The van der Waals surface area contributed by atoms with Crippen LogP contribution in [0.15, 0.2) is 158 Å². The van der Waals surface area contributed by atoms with Gasteiger partial charge in [-0.05, 0) is 0 Å². The molecule has 2 aliphatic rings. The number of hydrogen-bond acceptors (Lipinski definition) is 0. The molecule has 8 rings (SSSR count). The summed E-state index contributed by atoms with van der Waals surface area (Å²) in [7, 11) is 0. The maximum atomic E-state index is 3.74. The number of halogens is 4. The van der Waals surface area contributed by atoms with Crippen molar-refractivity contribution in [2.75, 3.05) is 0 Å². The van der Waals surface area contributed by atoms with Crippen molar-refractivity contribution in [3.8, 4) is 33.4 Å². The van der Waals surface area contributed by atoms with Gasteiger partial charge in [-0.2, -0.15) is 0 Å². The Morgan fingerprint density at radius 3 is 1.68 bits per heavy atom. The molecule has 5 heteroatoms. The number of benzene rings is 6. The van der Waals surface area contributed by atoms with Crippen LogP contribution < -0.4 is 28.1 Å². The predicted molar refractivity (Wildman–Crippen MR) is 254 cm³/mol. The monoisotopic (exact) mass is 1030 g/mol. The van der Waals surface area contributed by atoms with Gasteiger partial charge in [0.25, 0.3) is 0 Å². The van der Waals surface area contributed by atoms with E-state index in [9.17, 15) is 0 Å². The predicted octanol–water partition coefficient (Wildman–Crippen LogP) is 9.68. The van der Waals surface area contributed by atoms with Gasteiger partial charge in [-0.15, -0.1) is 0 Å². The molecule has 0 radical (unpaired) electrons. The summed E-state index contributed by atoms with van der Waals surface area (Å²) in [6, 6.07) is 48.9. The summed E-state index contributed by atoms with van der Waals surface area (Å²) < 4.78 is 7.44. The first-order valence-corrected chi connectivity index (χ1v) is 26.6. The van der Waals surface area contributed by atoms with Gasteiger partial charge in [-0.25, -0.2) is 0 Å². The Balaban J connectivity index is 0.00000302. The van der Waals surface area contributed by atoms with E-state index in [4.69, 9.17) is 0 Å². The van der Waals surface area contributed by atoms with Crippen molar-refractivity contribution in [3.63, 3.8) is 0 Å². The van der Waals surface area contributed by atoms with Crippen molar-refractivity contribution in [1.29, 1.82) is 0 Å². The molecule has 60 heavy (non-hydrogen) atoms. The largest absolute Gasteiger partial charge is 1.00 e. The Hall–Kier alpha value is -2.91. The molecule has 2 unspecified atom stereocenters. The molecule has 0 nitrogen and oxygen atoms in total. The fraction of sp³-hybridized carbons (Fsp3) is 0.255. The fourth-order valence-electron chi connectivity index (χ4n) is 9.58. The van der Waals surface area contributed by atoms with Crippen LogP contribution in [0.1, 0.15) is 105 Å². The van der Waals surface area contributed by atoms with Gasteiger partial charge in [-0.1, -0.05) is 0 Å². The first kappa shape index (κ1) is 46.6. The molecule has 0 aromatic heterocycles. The molecule has 0 spiro atoms. The Morgan fingerprint density at radius 1 is 0.617 bits per heavy atom. The summed E-state index contributed by atoms with van der Waals surface area (Å²) in [5.74, 6) is 0.922. The Bertz CT molecular complexity index is 2450. The fourth-order valence-corrected chi connectivity index (χ4v) is 18.8. The van der Waals surface area contributed by atoms with Crippen LogP contribution in [0.4, 0.5) is 0 Å². The van der Waals surface area contributed by atoms with Gasteiger partial charge in [-0.3, -0.25) is 0 Å². The second-order valence-electron chi connectivity index (χ2n) is 16.5. The Morgan fingerprint density at radius 2 is 1.15 bits per heavy atom. The van der Waals surface area contributed by atoms with Crippen LogP contribution >= 0.6 is 31.9 Å². The molecule has 0 amide bonds. The van der Waals surface area contributed by atoms with Gasteiger partial charge in [0.2, 0.25) is 0 Å². The second kappa shape index (κ2) is 21.4. The van der Waals surface area contributed by atoms with Crippen LogP contribution in [0.5, 0.6) is 0 Å². The summed E-state index contributed by atoms with van der Waals surface area (Å²) >= 11 is 4.55. The standard InChI is InChI=1S/C35H37.C15H12Br2.C5H5.2ClH.Zr/c1-5-13-24(3)30-22-34-28(20-32(30)26-15-9-7-10-16-26)19-29-21-33(27-17-11-8-12-18-27)31(23-35(29)34)25(4)14-6-2;16-14-8-4-12(5-9-14)2-1-3-13-6-10-15(17)11-7-13;1-2-4-5-3-1;;;/h7-12,15-18,20,22-25H,5-6,13-14,19H2,1-4H3;4-11H,2-3H2;1-3H,4H2;2*1H;/q;;;;;+2/p-2. The van der Waals surface area contributed by atoms with Gasteiger partial charge < -0.3 is 24.8 Å².